The highest BCUT2D eigenvalue weighted by Gasteiger charge is 2.35. The standard InChI is InChI=1S/C19H15F3N4O4/c1-11-4-3-5-14(6-11)30-15-8-12(7-13(9-15)26(28)29)23-18(27)16-10-17(19(20,21)22)25(2)24-16/h3-10H,1-2H3,(H,23,27). The summed E-state index contributed by atoms with van der Waals surface area (Å²) in [4.78, 5) is 22.9. The number of ether oxygens (including phenoxy) is 1. The van der Waals surface area contributed by atoms with E-state index in [1.807, 2.05) is 13.0 Å². The second-order valence-corrected chi connectivity index (χ2v) is 6.38. The van der Waals surface area contributed by atoms with E-state index in [0.717, 1.165) is 18.7 Å². The number of nitro benzene ring substituents is 1. The zero-order valence-electron chi connectivity index (χ0n) is 15.7. The summed E-state index contributed by atoms with van der Waals surface area (Å²) < 4.78 is 44.9. The Kier molecular flexibility index (Phi) is 5.45. The number of hydrogen-bond acceptors (Lipinski definition) is 5. The van der Waals surface area contributed by atoms with Gasteiger partial charge < -0.3 is 10.1 Å². The first kappa shape index (κ1) is 20.8. The number of nitrogens with one attached hydrogen (secondary N) is 1. The number of non-ortho nitro benzene ring substituents is 1. The van der Waals surface area contributed by atoms with Gasteiger partial charge in [-0.1, -0.05) is 12.1 Å². The van der Waals surface area contributed by atoms with E-state index in [9.17, 15) is 28.1 Å². The van der Waals surface area contributed by atoms with Gasteiger partial charge in [-0.2, -0.15) is 18.3 Å². The number of carbonyl (C=O) groups is 1. The van der Waals surface area contributed by atoms with Crippen LogP contribution in [0.4, 0.5) is 24.5 Å². The molecule has 3 aromatic rings. The van der Waals surface area contributed by atoms with Crippen molar-refractivity contribution in [1.82, 2.24) is 9.78 Å². The lowest BCUT2D eigenvalue weighted by molar-refractivity contribution is -0.384. The Hall–Kier alpha value is -3.89. The molecule has 8 nitrogen and oxygen atoms in total. The summed E-state index contributed by atoms with van der Waals surface area (Å²) in [6, 6.07) is 11.1. The third-order valence-electron chi connectivity index (χ3n) is 3.99. The van der Waals surface area contributed by atoms with Crippen LogP contribution in [0.5, 0.6) is 11.5 Å². The molecule has 1 N–H and O–H groups in total. The largest absolute Gasteiger partial charge is 0.457 e. The van der Waals surface area contributed by atoms with Gasteiger partial charge in [0, 0.05) is 25.2 Å². The van der Waals surface area contributed by atoms with E-state index >= 15 is 0 Å². The van der Waals surface area contributed by atoms with Crippen LogP contribution in [0, 0.1) is 17.0 Å². The zero-order chi connectivity index (χ0) is 22.1. The van der Waals surface area contributed by atoms with Crippen LogP contribution in [-0.2, 0) is 13.2 Å². The number of rotatable bonds is 5. The van der Waals surface area contributed by atoms with Crippen molar-refractivity contribution >= 4 is 17.3 Å². The van der Waals surface area contributed by atoms with Crippen LogP contribution in [0.15, 0.2) is 48.5 Å². The molecule has 3 rings (SSSR count). The zero-order valence-corrected chi connectivity index (χ0v) is 15.7. The third-order valence-corrected chi connectivity index (χ3v) is 3.99. The fourth-order valence-corrected chi connectivity index (χ4v) is 2.67. The molecule has 0 atom stereocenters. The van der Waals surface area contributed by atoms with Gasteiger partial charge in [0.2, 0.25) is 0 Å². The molecule has 0 unspecified atom stereocenters. The van der Waals surface area contributed by atoms with E-state index < -0.39 is 28.4 Å². The number of aryl methyl sites for hydroxylation is 2. The highest BCUT2D eigenvalue weighted by Crippen LogP contribution is 2.31. The van der Waals surface area contributed by atoms with Gasteiger partial charge >= 0.3 is 6.18 Å². The monoisotopic (exact) mass is 420 g/mol. The minimum atomic E-state index is -4.68. The number of hydrogen-bond donors (Lipinski definition) is 1. The predicted molar refractivity (Wildman–Crippen MR) is 101 cm³/mol. The highest BCUT2D eigenvalue weighted by molar-refractivity contribution is 6.03. The van der Waals surface area contributed by atoms with Gasteiger partial charge in [-0.3, -0.25) is 19.6 Å². The van der Waals surface area contributed by atoms with E-state index in [4.69, 9.17) is 4.74 Å². The maximum atomic E-state index is 12.9. The van der Waals surface area contributed by atoms with Gasteiger partial charge in [-0.15, -0.1) is 0 Å². The summed E-state index contributed by atoms with van der Waals surface area (Å²) in [5.74, 6) is -0.461. The predicted octanol–water partition coefficient (Wildman–Crippen LogP) is 4.70. The van der Waals surface area contributed by atoms with E-state index in [1.54, 1.807) is 18.2 Å². The number of carbonyl (C=O) groups excluding carboxylic acids is 1. The van der Waals surface area contributed by atoms with E-state index in [-0.39, 0.29) is 17.1 Å². The van der Waals surface area contributed by atoms with Gasteiger partial charge in [0.15, 0.2) is 5.69 Å². The lowest BCUT2D eigenvalue weighted by Gasteiger charge is -2.09. The first-order chi connectivity index (χ1) is 14.0. The second-order valence-electron chi connectivity index (χ2n) is 6.38. The summed E-state index contributed by atoms with van der Waals surface area (Å²) in [5, 5.41) is 17.1. The number of halogens is 3. The number of nitrogens with zero attached hydrogens (tertiary/aromatic N) is 3. The first-order valence-electron chi connectivity index (χ1n) is 8.49. The molecule has 0 aliphatic rings. The lowest BCUT2D eigenvalue weighted by Crippen LogP contribution is -2.13. The molecule has 0 spiro atoms. The van der Waals surface area contributed by atoms with Crippen molar-refractivity contribution in [1.29, 1.82) is 0 Å². The minimum Gasteiger partial charge on any atom is -0.457 e. The topological polar surface area (TPSA) is 99.3 Å². The number of amides is 1. The summed E-state index contributed by atoms with van der Waals surface area (Å²) >= 11 is 0. The molecule has 2 aromatic carbocycles. The smallest absolute Gasteiger partial charge is 0.433 e. The van der Waals surface area contributed by atoms with Crippen LogP contribution in [0.25, 0.3) is 0 Å². The molecule has 1 heterocycles. The molecule has 156 valence electrons. The molecule has 0 aliphatic heterocycles. The molecule has 0 fully saturated rings. The number of aromatic nitrogens is 2. The Balaban J connectivity index is 1.89. The number of nitro groups is 1. The van der Waals surface area contributed by atoms with E-state index in [1.165, 1.54) is 12.1 Å². The molecule has 0 saturated carbocycles. The van der Waals surface area contributed by atoms with Crippen LogP contribution in [0.2, 0.25) is 0 Å². The van der Waals surface area contributed by atoms with Crippen LogP contribution in [0.1, 0.15) is 21.7 Å². The van der Waals surface area contributed by atoms with Crippen molar-refractivity contribution in [3.63, 3.8) is 0 Å². The minimum absolute atomic E-state index is 0.0314. The molecular weight excluding hydrogens is 405 g/mol. The molecular formula is C19H15F3N4O4. The lowest BCUT2D eigenvalue weighted by atomic mass is 10.2. The van der Waals surface area contributed by atoms with Gasteiger partial charge in [-0.25, -0.2) is 0 Å². The van der Waals surface area contributed by atoms with Crippen molar-refractivity contribution in [2.24, 2.45) is 7.05 Å². The van der Waals surface area contributed by atoms with Gasteiger partial charge in [0.25, 0.3) is 11.6 Å². The maximum absolute atomic E-state index is 12.9. The highest BCUT2D eigenvalue weighted by atomic mass is 19.4. The quantitative estimate of drug-likeness (QED) is 0.476. The Morgan fingerprint density at radius 3 is 2.50 bits per heavy atom. The average Bonchev–Trinajstić information content (AvgIpc) is 3.04. The van der Waals surface area contributed by atoms with Crippen LogP contribution < -0.4 is 10.1 Å². The van der Waals surface area contributed by atoms with Gasteiger partial charge in [-0.05, 0) is 24.6 Å². The Labute approximate surface area is 168 Å². The van der Waals surface area contributed by atoms with E-state index in [2.05, 4.69) is 10.4 Å². The van der Waals surface area contributed by atoms with Crippen molar-refractivity contribution < 1.29 is 27.6 Å². The molecule has 0 saturated heterocycles. The van der Waals surface area contributed by atoms with Crippen molar-refractivity contribution in [3.05, 3.63) is 75.6 Å². The molecule has 0 radical (unpaired) electrons. The molecule has 1 aromatic heterocycles. The SMILES string of the molecule is Cc1cccc(Oc2cc(NC(=O)c3cc(C(F)(F)F)n(C)n3)cc([N+](=O)[O-])c2)c1. The summed E-state index contributed by atoms with van der Waals surface area (Å²) in [6.07, 6.45) is -4.68. The molecule has 0 aliphatic carbocycles. The number of anilines is 1. The number of benzene rings is 2. The molecule has 0 bridgehead atoms. The van der Waals surface area contributed by atoms with Crippen LogP contribution in [0.3, 0.4) is 0 Å². The molecule has 1 amide bonds. The molecule has 30 heavy (non-hydrogen) atoms. The normalized spacial score (nSPS) is 11.2. The Bertz CT molecular complexity index is 1130. The van der Waals surface area contributed by atoms with Crippen molar-refractivity contribution in [2.45, 2.75) is 13.1 Å². The van der Waals surface area contributed by atoms with Gasteiger partial charge in [0.1, 0.15) is 17.2 Å². The molecule has 11 heteroatoms. The van der Waals surface area contributed by atoms with Gasteiger partial charge in [0.05, 0.1) is 16.7 Å². The van der Waals surface area contributed by atoms with E-state index in [0.29, 0.717) is 16.5 Å². The average molecular weight is 420 g/mol. The van der Waals surface area contributed by atoms with Crippen molar-refractivity contribution in [3.8, 4) is 11.5 Å². The number of alkyl halides is 3. The third kappa shape index (κ3) is 4.74. The fraction of sp³-hybridized carbons (Fsp3) is 0.158. The Morgan fingerprint density at radius 2 is 1.90 bits per heavy atom. The summed E-state index contributed by atoms with van der Waals surface area (Å²) in [5.41, 5.74) is -1.08. The second kappa shape index (κ2) is 7.85. The summed E-state index contributed by atoms with van der Waals surface area (Å²) in [7, 11) is 1.06. The maximum Gasteiger partial charge on any atom is 0.433 e. The fourth-order valence-electron chi connectivity index (χ4n) is 2.67. The first-order valence-corrected chi connectivity index (χ1v) is 8.49. The van der Waals surface area contributed by atoms with Crippen molar-refractivity contribution in [2.75, 3.05) is 5.32 Å². The van der Waals surface area contributed by atoms with Crippen LogP contribution in [-0.4, -0.2) is 20.6 Å². The van der Waals surface area contributed by atoms with Crippen LogP contribution >= 0.6 is 0 Å². The summed E-state index contributed by atoms with van der Waals surface area (Å²) in [6.45, 7) is 1.84. The Morgan fingerprint density at radius 1 is 1.17 bits per heavy atom.